The largest absolute Gasteiger partial charge is 0.497 e. The van der Waals surface area contributed by atoms with Crippen LogP contribution >= 0.6 is 0 Å². The molecule has 0 saturated carbocycles. The summed E-state index contributed by atoms with van der Waals surface area (Å²) in [5.41, 5.74) is 1.13. The second-order valence-electron chi connectivity index (χ2n) is 5.27. The van der Waals surface area contributed by atoms with E-state index < -0.39 is 0 Å². The van der Waals surface area contributed by atoms with Crippen molar-refractivity contribution >= 4 is 0 Å². The summed E-state index contributed by atoms with van der Waals surface area (Å²) in [7, 11) is 1.71. The predicted molar refractivity (Wildman–Crippen MR) is 84.5 cm³/mol. The fourth-order valence-corrected chi connectivity index (χ4v) is 2.56. The molecule has 1 aromatic carbocycles. The summed E-state index contributed by atoms with van der Waals surface area (Å²) in [6, 6.07) is 8.57. The zero-order chi connectivity index (χ0) is 15.0. The van der Waals surface area contributed by atoms with Crippen LogP contribution in [0.1, 0.15) is 39.7 Å². The molecule has 0 fully saturated rings. The molecule has 2 atom stereocenters. The SMILES string of the molecule is CCNC(Cc1cccc(OC)c1)C(C)(CC)OCC. The van der Waals surface area contributed by atoms with E-state index in [0.29, 0.717) is 6.04 Å². The molecule has 1 aromatic rings. The van der Waals surface area contributed by atoms with Crippen molar-refractivity contribution in [3.05, 3.63) is 29.8 Å². The summed E-state index contributed by atoms with van der Waals surface area (Å²) in [5.74, 6) is 0.910. The first kappa shape index (κ1) is 17.0. The smallest absolute Gasteiger partial charge is 0.119 e. The molecule has 1 N–H and O–H groups in total. The first-order valence-electron chi connectivity index (χ1n) is 7.59. The highest BCUT2D eigenvalue weighted by Gasteiger charge is 2.32. The molecule has 2 unspecified atom stereocenters. The van der Waals surface area contributed by atoms with Crippen molar-refractivity contribution in [1.82, 2.24) is 5.32 Å². The molecular weight excluding hydrogens is 250 g/mol. The Hall–Kier alpha value is -1.06. The summed E-state index contributed by atoms with van der Waals surface area (Å²) in [4.78, 5) is 0. The van der Waals surface area contributed by atoms with Gasteiger partial charge in [-0.3, -0.25) is 0 Å². The van der Waals surface area contributed by atoms with Crippen molar-refractivity contribution in [2.45, 2.75) is 52.2 Å². The lowest BCUT2D eigenvalue weighted by molar-refractivity contribution is -0.0547. The number of nitrogens with one attached hydrogen (secondary N) is 1. The van der Waals surface area contributed by atoms with Crippen molar-refractivity contribution in [1.29, 1.82) is 0 Å². The summed E-state index contributed by atoms with van der Waals surface area (Å²) in [6.45, 7) is 10.3. The van der Waals surface area contributed by atoms with Gasteiger partial charge in [-0.05, 0) is 50.9 Å². The lowest BCUT2D eigenvalue weighted by Crippen LogP contribution is -2.51. The van der Waals surface area contributed by atoms with Crippen LogP contribution < -0.4 is 10.1 Å². The molecule has 114 valence electrons. The predicted octanol–water partition coefficient (Wildman–Crippen LogP) is 3.42. The maximum Gasteiger partial charge on any atom is 0.119 e. The molecule has 3 nitrogen and oxygen atoms in total. The molecule has 20 heavy (non-hydrogen) atoms. The van der Waals surface area contributed by atoms with E-state index in [1.54, 1.807) is 7.11 Å². The van der Waals surface area contributed by atoms with E-state index in [4.69, 9.17) is 9.47 Å². The monoisotopic (exact) mass is 279 g/mol. The van der Waals surface area contributed by atoms with Crippen LogP contribution in [0, 0.1) is 0 Å². The van der Waals surface area contributed by atoms with Gasteiger partial charge in [0.25, 0.3) is 0 Å². The van der Waals surface area contributed by atoms with E-state index in [-0.39, 0.29) is 5.60 Å². The van der Waals surface area contributed by atoms with Gasteiger partial charge in [-0.25, -0.2) is 0 Å². The average molecular weight is 279 g/mol. The van der Waals surface area contributed by atoms with Gasteiger partial charge < -0.3 is 14.8 Å². The highest BCUT2D eigenvalue weighted by Crippen LogP contribution is 2.24. The Kier molecular flexibility index (Phi) is 7.03. The van der Waals surface area contributed by atoms with Crippen molar-refractivity contribution in [2.24, 2.45) is 0 Å². The minimum atomic E-state index is -0.145. The minimum absolute atomic E-state index is 0.145. The van der Waals surface area contributed by atoms with Crippen molar-refractivity contribution in [3.63, 3.8) is 0 Å². The summed E-state index contributed by atoms with van der Waals surface area (Å²) >= 11 is 0. The number of methoxy groups -OCH3 is 1. The fourth-order valence-electron chi connectivity index (χ4n) is 2.56. The average Bonchev–Trinajstić information content (AvgIpc) is 2.47. The Balaban J connectivity index is 2.89. The normalized spacial score (nSPS) is 15.7. The molecule has 0 bridgehead atoms. The third kappa shape index (κ3) is 4.50. The molecule has 0 saturated heterocycles. The van der Waals surface area contributed by atoms with E-state index in [2.05, 4.69) is 45.1 Å². The molecule has 0 heterocycles. The maximum atomic E-state index is 6.03. The van der Waals surface area contributed by atoms with E-state index in [9.17, 15) is 0 Å². The van der Waals surface area contributed by atoms with Crippen LogP contribution in [0.2, 0.25) is 0 Å². The van der Waals surface area contributed by atoms with Crippen LogP contribution in [-0.4, -0.2) is 31.9 Å². The Bertz CT molecular complexity index is 394. The van der Waals surface area contributed by atoms with Gasteiger partial charge in [0, 0.05) is 12.6 Å². The molecule has 0 amide bonds. The number of hydrogen-bond donors (Lipinski definition) is 1. The van der Waals surface area contributed by atoms with Gasteiger partial charge >= 0.3 is 0 Å². The summed E-state index contributed by atoms with van der Waals surface area (Å²) < 4.78 is 11.3. The Morgan fingerprint density at radius 3 is 2.55 bits per heavy atom. The van der Waals surface area contributed by atoms with Crippen molar-refractivity contribution in [2.75, 3.05) is 20.3 Å². The third-order valence-electron chi connectivity index (χ3n) is 3.94. The fraction of sp³-hybridized carbons (Fsp3) is 0.647. The standard InChI is InChI=1S/C17H29NO2/c1-6-17(4,20-8-3)16(18-7-2)13-14-10-9-11-15(12-14)19-5/h9-12,16,18H,6-8,13H2,1-5H3. The second-order valence-corrected chi connectivity index (χ2v) is 5.27. The van der Waals surface area contributed by atoms with E-state index in [1.807, 2.05) is 12.1 Å². The molecule has 0 aromatic heterocycles. The summed E-state index contributed by atoms with van der Waals surface area (Å²) in [5, 5.41) is 3.58. The van der Waals surface area contributed by atoms with Crippen LogP contribution in [-0.2, 0) is 11.2 Å². The van der Waals surface area contributed by atoms with Crippen molar-refractivity contribution in [3.8, 4) is 5.75 Å². The molecule has 0 aliphatic carbocycles. The Morgan fingerprint density at radius 1 is 1.25 bits per heavy atom. The maximum absolute atomic E-state index is 6.03. The number of rotatable bonds is 9. The van der Waals surface area contributed by atoms with Gasteiger partial charge in [0.2, 0.25) is 0 Å². The third-order valence-corrected chi connectivity index (χ3v) is 3.94. The van der Waals surface area contributed by atoms with E-state index in [1.165, 1.54) is 5.56 Å². The zero-order valence-corrected chi connectivity index (χ0v) is 13.5. The first-order chi connectivity index (χ1) is 9.59. The van der Waals surface area contributed by atoms with Gasteiger partial charge in [0.15, 0.2) is 0 Å². The minimum Gasteiger partial charge on any atom is -0.497 e. The van der Waals surface area contributed by atoms with E-state index in [0.717, 1.165) is 31.7 Å². The molecule has 3 heteroatoms. The quantitative estimate of drug-likeness (QED) is 0.751. The van der Waals surface area contributed by atoms with Gasteiger partial charge in [-0.15, -0.1) is 0 Å². The molecule has 0 radical (unpaired) electrons. The molecule has 0 aliphatic rings. The highest BCUT2D eigenvalue weighted by molar-refractivity contribution is 5.29. The molecule has 1 rings (SSSR count). The lowest BCUT2D eigenvalue weighted by atomic mass is 9.88. The number of likely N-dealkylation sites (N-methyl/N-ethyl adjacent to an activating group) is 1. The number of ether oxygens (including phenoxy) is 2. The molecular formula is C17H29NO2. The topological polar surface area (TPSA) is 30.5 Å². The van der Waals surface area contributed by atoms with Crippen LogP contribution in [0.5, 0.6) is 5.75 Å². The van der Waals surface area contributed by atoms with Crippen LogP contribution in [0.3, 0.4) is 0 Å². The van der Waals surface area contributed by atoms with Gasteiger partial charge in [0.1, 0.15) is 5.75 Å². The first-order valence-corrected chi connectivity index (χ1v) is 7.59. The molecule has 0 spiro atoms. The summed E-state index contributed by atoms with van der Waals surface area (Å²) in [6.07, 6.45) is 1.93. The lowest BCUT2D eigenvalue weighted by Gasteiger charge is -2.37. The highest BCUT2D eigenvalue weighted by atomic mass is 16.5. The Labute approximate surface area is 123 Å². The van der Waals surface area contributed by atoms with Gasteiger partial charge in [0.05, 0.1) is 12.7 Å². The van der Waals surface area contributed by atoms with Crippen molar-refractivity contribution < 1.29 is 9.47 Å². The van der Waals surface area contributed by atoms with Crippen LogP contribution in [0.4, 0.5) is 0 Å². The molecule has 0 aliphatic heterocycles. The van der Waals surface area contributed by atoms with Crippen LogP contribution in [0.25, 0.3) is 0 Å². The van der Waals surface area contributed by atoms with E-state index >= 15 is 0 Å². The second kappa shape index (κ2) is 8.28. The zero-order valence-electron chi connectivity index (χ0n) is 13.5. The number of hydrogen-bond acceptors (Lipinski definition) is 3. The number of benzene rings is 1. The van der Waals surface area contributed by atoms with Crippen LogP contribution in [0.15, 0.2) is 24.3 Å². The Morgan fingerprint density at radius 2 is 2.00 bits per heavy atom. The van der Waals surface area contributed by atoms with Gasteiger partial charge in [-0.2, -0.15) is 0 Å². The van der Waals surface area contributed by atoms with Gasteiger partial charge in [-0.1, -0.05) is 26.0 Å².